The lowest BCUT2D eigenvalue weighted by atomic mass is 10.0. The number of halogens is 1. The fourth-order valence-electron chi connectivity index (χ4n) is 2.00. The third-order valence-electron chi connectivity index (χ3n) is 3.10. The van der Waals surface area contributed by atoms with Crippen molar-refractivity contribution < 1.29 is 19.1 Å². The van der Waals surface area contributed by atoms with Crippen LogP contribution in [0.1, 0.15) is 15.9 Å². The second-order valence-corrected chi connectivity index (χ2v) is 5.09. The van der Waals surface area contributed by atoms with E-state index in [1.165, 1.54) is 7.11 Å². The summed E-state index contributed by atoms with van der Waals surface area (Å²) in [5.74, 6) is -0.800. The van der Waals surface area contributed by atoms with E-state index in [2.05, 4.69) is 4.74 Å². The average molecular weight is 319 g/mol. The zero-order valence-corrected chi connectivity index (χ0v) is 13.0. The molecule has 1 atom stereocenters. The monoisotopic (exact) mass is 318 g/mol. The second-order valence-electron chi connectivity index (χ2n) is 4.66. The van der Waals surface area contributed by atoms with Gasteiger partial charge in [-0.2, -0.15) is 0 Å². The van der Waals surface area contributed by atoms with Crippen LogP contribution >= 0.6 is 11.6 Å². The lowest BCUT2D eigenvalue weighted by Crippen LogP contribution is -2.37. The number of carbonyl (C=O) groups excluding carboxylic acids is 2. The number of Topliss-reactive ketones (excluding diaryl/α,β-unsaturated/α-hetero) is 1. The van der Waals surface area contributed by atoms with E-state index in [0.717, 1.165) is 0 Å². The normalized spacial score (nSPS) is 11.6. The molecule has 0 aliphatic rings. The molecule has 2 rings (SSSR count). The Morgan fingerprint density at radius 2 is 1.77 bits per heavy atom. The zero-order valence-electron chi connectivity index (χ0n) is 12.2. The summed E-state index contributed by atoms with van der Waals surface area (Å²) in [7, 11) is 1.21. The Kier molecular flexibility index (Phi) is 5.17. The quantitative estimate of drug-likeness (QED) is 0.481. The Morgan fingerprint density at radius 3 is 2.36 bits per heavy atom. The van der Waals surface area contributed by atoms with Crippen LogP contribution in [0.3, 0.4) is 0 Å². The van der Waals surface area contributed by atoms with Crippen LogP contribution in [-0.4, -0.2) is 25.0 Å². The lowest BCUT2D eigenvalue weighted by molar-refractivity contribution is -0.146. The van der Waals surface area contributed by atoms with Gasteiger partial charge in [0, 0.05) is 10.6 Å². The van der Waals surface area contributed by atoms with Crippen molar-refractivity contribution in [2.45, 2.75) is 13.0 Å². The fraction of sp³-hybridized carbons (Fsp3) is 0.176. The van der Waals surface area contributed by atoms with Crippen LogP contribution in [0.25, 0.3) is 0 Å². The minimum atomic E-state index is -1.35. The van der Waals surface area contributed by atoms with Gasteiger partial charge in [0.05, 0.1) is 7.11 Å². The van der Waals surface area contributed by atoms with Crippen molar-refractivity contribution in [2.24, 2.45) is 0 Å². The first-order valence-electron chi connectivity index (χ1n) is 6.63. The molecule has 114 valence electrons. The summed E-state index contributed by atoms with van der Waals surface area (Å²) < 4.78 is 10.2. The molecule has 0 radical (unpaired) electrons. The molecule has 0 aliphatic heterocycles. The predicted molar refractivity (Wildman–Crippen MR) is 83.4 cm³/mol. The smallest absolute Gasteiger partial charge is 0.355 e. The first kappa shape index (κ1) is 16.0. The molecule has 2 aromatic carbocycles. The molecule has 0 saturated heterocycles. The first-order valence-corrected chi connectivity index (χ1v) is 7.00. The molecule has 0 saturated carbocycles. The molecule has 0 fully saturated rings. The highest BCUT2D eigenvalue weighted by Crippen LogP contribution is 2.20. The van der Waals surface area contributed by atoms with E-state index < -0.39 is 17.9 Å². The van der Waals surface area contributed by atoms with Crippen LogP contribution in [0.15, 0.2) is 48.5 Å². The van der Waals surface area contributed by atoms with Crippen LogP contribution in [0.4, 0.5) is 0 Å². The van der Waals surface area contributed by atoms with Gasteiger partial charge in [0.1, 0.15) is 5.75 Å². The number of esters is 1. The van der Waals surface area contributed by atoms with Gasteiger partial charge < -0.3 is 9.47 Å². The summed E-state index contributed by atoms with van der Waals surface area (Å²) in [5.41, 5.74) is 1.04. The van der Waals surface area contributed by atoms with Gasteiger partial charge in [0.2, 0.25) is 5.78 Å². The molecular formula is C17H15ClO4. The van der Waals surface area contributed by atoms with Crippen molar-refractivity contribution in [3.63, 3.8) is 0 Å². The number of hydrogen-bond acceptors (Lipinski definition) is 4. The lowest BCUT2D eigenvalue weighted by Gasteiger charge is -2.17. The fourth-order valence-corrected chi connectivity index (χ4v) is 2.22. The van der Waals surface area contributed by atoms with Gasteiger partial charge >= 0.3 is 5.97 Å². The molecule has 22 heavy (non-hydrogen) atoms. The Bertz CT molecular complexity index is 682. The number of rotatable bonds is 5. The van der Waals surface area contributed by atoms with Crippen LogP contribution in [0.2, 0.25) is 5.02 Å². The third kappa shape index (κ3) is 3.65. The molecule has 2 aromatic rings. The highest BCUT2D eigenvalue weighted by molar-refractivity contribution is 6.30. The number of ketones is 1. The number of carbonyl (C=O) groups is 2. The van der Waals surface area contributed by atoms with Gasteiger partial charge in [0.15, 0.2) is 0 Å². The molecule has 0 N–H and O–H groups in total. The van der Waals surface area contributed by atoms with E-state index in [9.17, 15) is 9.59 Å². The molecule has 0 spiro atoms. The van der Waals surface area contributed by atoms with Gasteiger partial charge in [-0.15, -0.1) is 0 Å². The number of aryl methyl sites for hydroxylation is 1. The molecule has 0 bridgehead atoms. The maximum absolute atomic E-state index is 12.6. The number of ether oxygens (including phenoxy) is 2. The predicted octanol–water partition coefficient (Wildman–Crippen LogP) is 3.45. The number of methoxy groups -OCH3 is 1. The van der Waals surface area contributed by atoms with Crippen LogP contribution < -0.4 is 4.74 Å². The minimum Gasteiger partial charge on any atom is -0.470 e. The maximum Gasteiger partial charge on any atom is 0.355 e. The van der Waals surface area contributed by atoms with Gasteiger partial charge in [-0.3, -0.25) is 4.79 Å². The molecule has 4 nitrogen and oxygen atoms in total. The molecule has 5 heteroatoms. The summed E-state index contributed by atoms with van der Waals surface area (Å²) >= 11 is 5.89. The topological polar surface area (TPSA) is 52.6 Å². The van der Waals surface area contributed by atoms with Gasteiger partial charge in [-0.25, -0.2) is 4.79 Å². The maximum atomic E-state index is 12.6. The Hall–Kier alpha value is -2.33. The van der Waals surface area contributed by atoms with Gasteiger partial charge in [0.25, 0.3) is 6.10 Å². The van der Waals surface area contributed by atoms with Gasteiger partial charge in [-0.1, -0.05) is 29.8 Å². The van der Waals surface area contributed by atoms with Crippen molar-refractivity contribution in [3.8, 4) is 5.75 Å². The van der Waals surface area contributed by atoms with Crippen LogP contribution in [0, 0.1) is 6.92 Å². The third-order valence-corrected chi connectivity index (χ3v) is 3.34. The summed E-state index contributed by atoms with van der Waals surface area (Å²) in [6.45, 7) is 1.75. The molecular weight excluding hydrogens is 304 g/mol. The SMILES string of the molecule is COC(=O)C(Oc1ccccc1)C(=O)c1ccc(Cl)cc1C. The average Bonchev–Trinajstić information content (AvgIpc) is 2.52. The zero-order chi connectivity index (χ0) is 16.1. The molecule has 0 heterocycles. The Balaban J connectivity index is 2.32. The van der Waals surface area contributed by atoms with E-state index in [4.69, 9.17) is 16.3 Å². The molecule has 0 amide bonds. The second kappa shape index (κ2) is 7.09. The van der Waals surface area contributed by atoms with E-state index in [1.54, 1.807) is 49.4 Å². The molecule has 1 unspecified atom stereocenters. The molecule has 0 aliphatic carbocycles. The minimum absolute atomic E-state index is 0.371. The van der Waals surface area contributed by atoms with Crippen molar-refractivity contribution in [1.29, 1.82) is 0 Å². The first-order chi connectivity index (χ1) is 10.5. The summed E-state index contributed by atoms with van der Waals surface area (Å²) in [4.78, 5) is 24.5. The largest absolute Gasteiger partial charge is 0.470 e. The Labute approximate surface area is 133 Å². The van der Waals surface area contributed by atoms with Crippen LogP contribution in [0.5, 0.6) is 5.75 Å². The number of para-hydroxylation sites is 1. The van der Waals surface area contributed by atoms with Gasteiger partial charge in [-0.05, 0) is 42.8 Å². The molecule has 0 aromatic heterocycles. The standard InChI is InChI=1S/C17H15ClO4/c1-11-10-12(18)8-9-14(11)15(19)16(17(20)21-2)22-13-6-4-3-5-7-13/h3-10,16H,1-2H3. The van der Waals surface area contributed by atoms with E-state index in [1.807, 2.05) is 6.07 Å². The van der Waals surface area contributed by atoms with Crippen molar-refractivity contribution >= 4 is 23.4 Å². The van der Waals surface area contributed by atoms with Crippen molar-refractivity contribution in [2.75, 3.05) is 7.11 Å². The van der Waals surface area contributed by atoms with Crippen molar-refractivity contribution in [3.05, 3.63) is 64.7 Å². The highest BCUT2D eigenvalue weighted by Gasteiger charge is 2.31. The van der Waals surface area contributed by atoms with E-state index in [-0.39, 0.29) is 0 Å². The number of benzene rings is 2. The highest BCUT2D eigenvalue weighted by atomic mass is 35.5. The summed E-state index contributed by atoms with van der Waals surface area (Å²) in [6, 6.07) is 13.5. The summed E-state index contributed by atoms with van der Waals surface area (Å²) in [6.07, 6.45) is -1.35. The number of hydrogen-bond donors (Lipinski definition) is 0. The van der Waals surface area contributed by atoms with Crippen LogP contribution in [-0.2, 0) is 9.53 Å². The van der Waals surface area contributed by atoms with E-state index >= 15 is 0 Å². The van der Waals surface area contributed by atoms with Crippen molar-refractivity contribution in [1.82, 2.24) is 0 Å². The summed E-state index contributed by atoms with van der Waals surface area (Å²) in [5, 5.41) is 0.521. The Morgan fingerprint density at radius 1 is 1.09 bits per heavy atom. The van der Waals surface area contributed by atoms with E-state index in [0.29, 0.717) is 21.9 Å².